The summed E-state index contributed by atoms with van der Waals surface area (Å²) in [4.78, 5) is 9.59. The molecule has 0 aliphatic carbocycles. The van der Waals surface area contributed by atoms with E-state index in [2.05, 4.69) is 11.8 Å². The first-order valence-electron chi connectivity index (χ1n) is 5.64. The van der Waals surface area contributed by atoms with E-state index in [0.29, 0.717) is 6.42 Å². The molecule has 1 aromatic rings. The van der Waals surface area contributed by atoms with E-state index in [1.54, 1.807) is 6.92 Å². The first-order valence-corrected chi connectivity index (χ1v) is 7.95. The number of halogens is 1. The maximum Gasteiger partial charge on any atom is 0.274 e. The van der Waals surface area contributed by atoms with Gasteiger partial charge in [0.15, 0.2) is 11.5 Å². The summed E-state index contributed by atoms with van der Waals surface area (Å²) in [6.07, 6.45) is 0.380. The standard InChI is InChI=1S/C12H12ClNO6S/c1-3-4-5-6-20-10-7-9(14(15)16)8-11(12(10)19-2)21(13,17)18/h7-8H,5-6H2,1-2H3. The topological polar surface area (TPSA) is 95.7 Å². The monoisotopic (exact) mass is 333 g/mol. The van der Waals surface area contributed by atoms with Gasteiger partial charge < -0.3 is 9.47 Å². The molecule has 1 aromatic carbocycles. The summed E-state index contributed by atoms with van der Waals surface area (Å²) < 4.78 is 33.3. The van der Waals surface area contributed by atoms with Crippen LogP contribution < -0.4 is 9.47 Å². The molecule has 7 nitrogen and oxygen atoms in total. The normalized spacial score (nSPS) is 10.4. The van der Waals surface area contributed by atoms with E-state index >= 15 is 0 Å². The highest BCUT2D eigenvalue weighted by molar-refractivity contribution is 8.13. The quantitative estimate of drug-likeness (QED) is 0.260. The highest BCUT2D eigenvalue weighted by Crippen LogP contribution is 2.39. The summed E-state index contributed by atoms with van der Waals surface area (Å²) in [6.45, 7) is 1.78. The Morgan fingerprint density at radius 1 is 1.43 bits per heavy atom. The second-order valence-corrected chi connectivity index (χ2v) is 6.23. The van der Waals surface area contributed by atoms with E-state index in [9.17, 15) is 18.5 Å². The predicted octanol–water partition coefficient (Wildman–Crippen LogP) is 2.32. The lowest BCUT2D eigenvalue weighted by Crippen LogP contribution is -2.04. The third-order valence-electron chi connectivity index (χ3n) is 2.34. The second-order valence-electron chi connectivity index (χ2n) is 3.70. The first-order chi connectivity index (χ1) is 9.81. The molecule has 0 aliphatic heterocycles. The molecule has 1 rings (SSSR count). The van der Waals surface area contributed by atoms with Crippen molar-refractivity contribution in [3.8, 4) is 23.3 Å². The van der Waals surface area contributed by atoms with E-state index < -0.39 is 24.6 Å². The summed E-state index contributed by atoms with van der Waals surface area (Å²) in [5.41, 5.74) is -0.466. The first kappa shape index (κ1) is 17.1. The van der Waals surface area contributed by atoms with E-state index in [0.717, 1.165) is 12.1 Å². The molecule has 114 valence electrons. The minimum Gasteiger partial charge on any atom is -0.492 e. The molecule has 0 saturated heterocycles. The number of hydrogen-bond donors (Lipinski definition) is 0. The van der Waals surface area contributed by atoms with Crippen LogP contribution in [0, 0.1) is 22.0 Å². The Hall–Kier alpha value is -1.98. The van der Waals surface area contributed by atoms with Crippen LogP contribution in [-0.2, 0) is 9.05 Å². The molecule has 0 atom stereocenters. The Kier molecular flexibility index (Phi) is 5.81. The van der Waals surface area contributed by atoms with Crippen LogP contribution in [0.4, 0.5) is 5.69 Å². The van der Waals surface area contributed by atoms with Crippen molar-refractivity contribution in [3.05, 3.63) is 22.2 Å². The third-order valence-corrected chi connectivity index (χ3v) is 3.67. The van der Waals surface area contributed by atoms with Gasteiger partial charge in [-0.3, -0.25) is 10.1 Å². The number of methoxy groups -OCH3 is 1. The molecule has 0 heterocycles. The number of nitrogens with zero attached hydrogens (tertiary/aromatic N) is 1. The van der Waals surface area contributed by atoms with Crippen molar-refractivity contribution in [3.63, 3.8) is 0 Å². The van der Waals surface area contributed by atoms with Gasteiger partial charge in [0.05, 0.1) is 24.7 Å². The highest BCUT2D eigenvalue weighted by atomic mass is 35.7. The van der Waals surface area contributed by atoms with Gasteiger partial charge in [-0.25, -0.2) is 8.42 Å². The van der Waals surface area contributed by atoms with E-state index in [-0.39, 0.29) is 18.1 Å². The summed E-state index contributed by atoms with van der Waals surface area (Å²) >= 11 is 0. The Labute approximate surface area is 126 Å². The predicted molar refractivity (Wildman–Crippen MR) is 76.2 cm³/mol. The molecule has 0 bridgehead atoms. The van der Waals surface area contributed by atoms with Crippen LogP contribution in [0.15, 0.2) is 17.0 Å². The van der Waals surface area contributed by atoms with Gasteiger partial charge in [-0.05, 0) is 6.92 Å². The SMILES string of the molecule is CC#CCCOc1cc([N+](=O)[O-])cc(S(=O)(=O)Cl)c1OC. The summed E-state index contributed by atoms with van der Waals surface area (Å²) in [6, 6.07) is 1.89. The van der Waals surface area contributed by atoms with Crippen molar-refractivity contribution in [1.29, 1.82) is 0 Å². The number of rotatable bonds is 6. The van der Waals surface area contributed by atoms with Crippen molar-refractivity contribution >= 4 is 25.4 Å². The van der Waals surface area contributed by atoms with Crippen LogP contribution in [-0.4, -0.2) is 27.1 Å². The molecule has 0 aromatic heterocycles. The fourth-order valence-corrected chi connectivity index (χ4v) is 2.51. The van der Waals surface area contributed by atoms with Gasteiger partial charge in [-0.15, -0.1) is 11.8 Å². The van der Waals surface area contributed by atoms with Gasteiger partial charge in [-0.1, -0.05) is 0 Å². The minimum absolute atomic E-state index is 0.0798. The van der Waals surface area contributed by atoms with Crippen molar-refractivity contribution in [2.24, 2.45) is 0 Å². The van der Waals surface area contributed by atoms with Crippen LogP contribution in [0.2, 0.25) is 0 Å². The van der Waals surface area contributed by atoms with Gasteiger partial charge in [0.1, 0.15) is 4.90 Å². The molecule has 0 amide bonds. The van der Waals surface area contributed by atoms with Gasteiger partial charge in [0.25, 0.3) is 14.7 Å². The molecular formula is C12H12ClNO6S. The molecule has 0 radical (unpaired) electrons. The van der Waals surface area contributed by atoms with Crippen molar-refractivity contribution in [2.45, 2.75) is 18.2 Å². The lowest BCUT2D eigenvalue weighted by atomic mass is 10.2. The van der Waals surface area contributed by atoms with Crippen LogP contribution in [0.5, 0.6) is 11.5 Å². The Morgan fingerprint density at radius 2 is 2.10 bits per heavy atom. The van der Waals surface area contributed by atoms with Gasteiger partial charge in [-0.2, -0.15) is 0 Å². The molecule has 0 unspecified atom stereocenters. The zero-order valence-corrected chi connectivity index (χ0v) is 12.8. The number of nitro groups is 1. The van der Waals surface area contributed by atoms with Gasteiger partial charge in [0.2, 0.25) is 0 Å². The average Bonchev–Trinajstić information content (AvgIpc) is 2.41. The Bertz CT molecular complexity index is 704. The van der Waals surface area contributed by atoms with Crippen LogP contribution in [0.3, 0.4) is 0 Å². The summed E-state index contributed by atoms with van der Waals surface area (Å²) in [5, 5.41) is 10.9. The van der Waals surface area contributed by atoms with Crippen molar-refractivity contribution in [1.82, 2.24) is 0 Å². The van der Waals surface area contributed by atoms with Crippen molar-refractivity contribution in [2.75, 3.05) is 13.7 Å². The number of non-ortho nitro benzene ring substituents is 1. The maximum absolute atomic E-state index is 11.5. The molecule has 0 N–H and O–H groups in total. The summed E-state index contributed by atoms with van der Waals surface area (Å²) in [7, 11) is 2.26. The van der Waals surface area contributed by atoms with E-state index in [1.165, 1.54) is 7.11 Å². The fraction of sp³-hybridized carbons (Fsp3) is 0.333. The van der Waals surface area contributed by atoms with E-state index in [1.807, 2.05) is 0 Å². The lowest BCUT2D eigenvalue weighted by Gasteiger charge is -2.12. The lowest BCUT2D eigenvalue weighted by molar-refractivity contribution is -0.385. The number of ether oxygens (including phenoxy) is 2. The molecule has 0 spiro atoms. The highest BCUT2D eigenvalue weighted by Gasteiger charge is 2.26. The number of benzene rings is 1. The molecule has 21 heavy (non-hydrogen) atoms. The van der Waals surface area contributed by atoms with Crippen molar-refractivity contribution < 1.29 is 22.8 Å². The van der Waals surface area contributed by atoms with Crippen LogP contribution >= 0.6 is 10.7 Å². The largest absolute Gasteiger partial charge is 0.492 e. The fourth-order valence-electron chi connectivity index (χ4n) is 1.49. The average molecular weight is 334 g/mol. The molecule has 0 aliphatic rings. The maximum atomic E-state index is 11.5. The number of hydrogen-bond acceptors (Lipinski definition) is 6. The Balaban J connectivity index is 3.34. The second kappa shape index (κ2) is 7.15. The molecule has 0 fully saturated rings. The molecule has 0 saturated carbocycles. The third kappa shape index (κ3) is 4.51. The van der Waals surface area contributed by atoms with Crippen LogP contribution in [0.1, 0.15) is 13.3 Å². The number of nitro benzene ring substituents is 1. The Morgan fingerprint density at radius 3 is 2.57 bits per heavy atom. The van der Waals surface area contributed by atoms with Crippen LogP contribution in [0.25, 0.3) is 0 Å². The zero-order chi connectivity index (χ0) is 16.0. The summed E-state index contributed by atoms with van der Waals surface area (Å²) in [5.74, 6) is 5.15. The zero-order valence-electron chi connectivity index (χ0n) is 11.3. The molecule has 9 heteroatoms. The van der Waals surface area contributed by atoms with Gasteiger partial charge in [0, 0.05) is 23.2 Å². The molecular weight excluding hydrogens is 322 g/mol. The minimum atomic E-state index is -4.22. The van der Waals surface area contributed by atoms with Gasteiger partial charge >= 0.3 is 0 Å². The smallest absolute Gasteiger partial charge is 0.274 e. The van der Waals surface area contributed by atoms with E-state index in [4.69, 9.17) is 20.2 Å².